The lowest BCUT2D eigenvalue weighted by molar-refractivity contribution is 0.0927. The summed E-state index contributed by atoms with van der Waals surface area (Å²) < 4.78 is 13.2. The van der Waals surface area contributed by atoms with Gasteiger partial charge >= 0.3 is 0 Å². The number of hydrogen-bond acceptors (Lipinski definition) is 3. The first-order chi connectivity index (χ1) is 11.6. The summed E-state index contributed by atoms with van der Waals surface area (Å²) in [6.07, 6.45) is 8.78. The van der Waals surface area contributed by atoms with Gasteiger partial charge in [-0.25, -0.2) is 4.39 Å². The van der Waals surface area contributed by atoms with E-state index in [0.29, 0.717) is 16.9 Å². The van der Waals surface area contributed by atoms with Crippen LogP contribution in [0.1, 0.15) is 42.5 Å². The smallest absolute Gasteiger partial charge is 0.253 e. The van der Waals surface area contributed by atoms with Gasteiger partial charge in [-0.3, -0.25) is 9.78 Å². The number of carbonyl (C=O) groups excluding carboxylic acids is 1. The van der Waals surface area contributed by atoms with Crippen LogP contribution in [0.3, 0.4) is 0 Å². The number of amides is 1. The Bertz CT molecular complexity index is 732. The largest absolute Gasteiger partial charge is 0.354 e. The molecule has 3 rings (SSSR count). The Kier molecular flexibility index (Phi) is 5.30. The Morgan fingerprint density at radius 2 is 1.92 bits per heavy atom. The molecule has 2 N–H and O–H groups in total. The summed E-state index contributed by atoms with van der Waals surface area (Å²) >= 11 is 5.78. The van der Waals surface area contributed by atoms with Crippen molar-refractivity contribution in [3.63, 3.8) is 0 Å². The molecule has 1 saturated carbocycles. The average Bonchev–Trinajstić information content (AvgIpc) is 2.59. The molecule has 1 aliphatic rings. The first kappa shape index (κ1) is 16.7. The zero-order valence-electron chi connectivity index (χ0n) is 13.2. The molecule has 0 aliphatic heterocycles. The summed E-state index contributed by atoms with van der Waals surface area (Å²) in [6.45, 7) is 0. The number of pyridine rings is 1. The number of nitrogens with one attached hydrogen (secondary N) is 2. The highest BCUT2D eigenvalue weighted by Crippen LogP contribution is 2.23. The number of aromatic nitrogens is 1. The second-order valence-electron chi connectivity index (χ2n) is 6.02. The zero-order chi connectivity index (χ0) is 16.9. The van der Waals surface area contributed by atoms with Crippen molar-refractivity contribution in [2.75, 3.05) is 5.32 Å². The van der Waals surface area contributed by atoms with E-state index in [1.807, 2.05) is 0 Å². The van der Waals surface area contributed by atoms with Crippen LogP contribution in [0.4, 0.5) is 15.8 Å². The summed E-state index contributed by atoms with van der Waals surface area (Å²) in [4.78, 5) is 16.5. The van der Waals surface area contributed by atoms with Crippen LogP contribution in [-0.2, 0) is 0 Å². The topological polar surface area (TPSA) is 54.0 Å². The maximum absolute atomic E-state index is 13.2. The van der Waals surface area contributed by atoms with Gasteiger partial charge in [-0.05, 0) is 37.1 Å². The highest BCUT2D eigenvalue weighted by atomic mass is 35.5. The zero-order valence-corrected chi connectivity index (χ0v) is 13.9. The maximum atomic E-state index is 13.2. The summed E-state index contributed by atoms with van der Waals surface area (Å²) in [7, 11) is 0. The third-order valence-corrected chi connectivity index (χ3v) is 4.44. The van der Waals surface area contributed by atoms with Gasteiger partial charge in [-0.2, -0.15) is 0 Å². The molecule has 2 aromatic rings. The molecule has 0 unspecified atom stereocenters. The minimum atomic E-state index is -0.471. The van der Waals surface area contributed by atoms with E-state index in [-0.39, 0.29) is 17.0 Å². The first-order valence-electron chi connectivity index (χ1n) is 8.10. The first-order valence-corrected chi connectivity index (χ1v) is 8.47. The molecule has 6 heteroatoms. The number of rotatable bonds is 4. The SMILES string of the molecule is O=C(NC1CCCCC1)c1cncc(Nc2ccc(F)c(Cl)c2)c1. The quantitative estimate of drug-likeness (QED) is 0.844. The Morgan fingerprint density at radius 1 is 1.12 bits per heavy atom. The van der Waals surface area contributed by atoms with Crippen LogP contribution in [0.15, 0.2) is 36.7 Å². The van der Waals surface area contributed by atoms with Crippen LogP contribution >= 0.6 is 11.6 Å². The molecular formula is C18H19ClFN3O. The molecule has 0 bridgehead atoms. The third kappa shape index (κ3) is 4.23. The number of carbonyl (C=O) groups is 1. The van der Waals surface area contributed by atoms with E-state index in [4.69, 9.17) is 11.6 Å². The van der Waals surface area contributed by atoms with Crippen LogP contribution in [-0.4, -0.2) is 16.9 Å². The molecule has 1 amide bonds. The maximum Gasteiger partial charge on any atom is 0.253 e. The fourth-order valence-corrected chi connectivity index (χ4v) is 3.07. The van der Waals surface area contributed by atoms with E-state index in [9.17, 15) is 9.18 Å². The molecule has 0 saturated heterocycles. The van der Waals surface area contributed by atoms with Gasteiger partial charge in [-0.1, -0.05) is 30.9 Å². The molecule has 24 heavy (non-hydrogen) atoms. The number of hydrogen-bond donors (Lipinski definition) is 2. The second-order valence-corrected chi connectivity index (χ2v) is 6.43. The van der Waals surface area contributed by atoms with Crippen molar-refractivity contribution in [1.82, 2.24) is 10.3 Å². The summed E-state index contributed by atoms with van der Waals surface area (Å²) in [5, 5.41) is 6.18. The molecule has 4 nitrogen and oxygen atoms in total. The number of anilines is 2. The third-order valence-electron chi connectivity index (χ3n) is 4.15. The van der Waals surface area contributed by atoms with E-state index < -0.39 is 5.82 Å². The van der Waals surface area contributed by atoms with E-state index in [0.717, 1.165) is 25.7 Å². The predicted octanol–water partition coefficient (Wildman–Crippen LogP) is 4.68. The van der Waals surface area contributed by atoms with Gasteiger partial charge in [0.25, 0.3) is 5.91 Å². The standard InChI is InChI=1S/C18H19ClFN3O/c19-16-9-14(6-7-17(16)20)22-15-8-12(10-21-11-15)18(24)23-13-4-2-1-3-5-13/h6-11,13,22H,1-5H2,(H,23,24). The van der Waals surface area contributed by atoms with Crippen LogP contribution in [0, 0.1) is 5.82 Å². The average molecular weight is 348 g/mol. The van der Waals surface area contributed by atoms with E-state index in [1.54, 1.807) is 24.5 Å². The van der Waals surface area contributed by atoms with Gasteiger partial charge in [0, 0.05) is 17.9 Å². The van der Waals surface area contributed by atoms with Gasteiger partial charge in [0.1, 0.15) is 5.82 Å². The number of benzene rings is 1. The second kappa shape index (κ2) is 7.62. The molecule has 1 aromatic carbocycles. The van der Waals surface area contributed by atoms with E-state index >= 15 is 0 Å². The summed E-state index contributed by atoms with van der Waals surface area (Å²) in [6, 6.07) is 6.33. The van der Waals surface area contributed by atoms with Crippen molar-refractivity contribution in [1.29, 1.82) is 0 Å². The molecule has 1 heterocycles. The van der Waals surface area contributed by atoms with Crippen molar-refractivity contribution < 1.29 is 9.18 Å². The minimum absolute atomic E-state index is 0.0409. The van der Waals surface area contributed by atoms with Gasteiger partial charge in [0.2, 0.25) is 0 Å². The van der Waals surface area contributed by atoms with Crippen LogP contribution in [0.2, 0.25) is 5.02 Å². The van der Waals surface area contributed by atoms with Crippen molar-refractivity contribution >= 4 is 28.9 Å². The van der Waals surface area contributed by atoms with Gasteiger partial charge < -0.3 is 10.6 Å². The fraction of sp³-hybridized carbons (Fsp3) is 0.333. The van der Waals surface area contributed by atoms with E-state index in [1.165, 1.54) is 18.6 Å². The highest BCUT2D eigenvalue weighted by Gasteiger charge is 2.17. The van der Waals surface area contributed by atoms with Gasteiger partial charge in [0.15, 0.2) is 0 Å². The highest BCUT2D eigenvalue weighted by molar-refractivity contribution is 6.31. The lowest BCUT2D eigenvalue weighted by Crippen LogP contribution is -2.36. The predicted molar refractivity (Wildman–Crippen MR) is 93.3 cm³/mol. The normalized spacial score (nSPS) is 15.1. The van der Waals surface area contributed by atoms with Gasteiger partial charge in [-0.15, -0.1) is 0 Å². The molecule has 1 aliphatic carbocycles. The minimum Gasteiger partial charge on any atom is -0.354 e. The molecular weight excluding hydrogens is 329 g/mol. The Balaban J connectivity index is 1.68. The Morgan fingerprint density at radius 3 is 2.67 bits per heavy atom. The fourth-order valence-electron chi connectivity index (χ4n) is 2.89. The monoisotopic (exact) mass is 347 g/mol. The van der Waals surface area contributed by atoms with Crippen molar-refractivity contribution in [2.24, 2.45) is 0 Å². The Hall–Kier alpha value is -2.14. The van der Waals surface area contributed by atoms with Gasteiger partial charge in [0.05, 0.1) is 22.5 Å². The number of nitrogens with zero attached hydrogens (tertiary/aromatic N) is 1. The molecule has 0 radical (unpaired) electrons. The van der Waals surface area contributed by atoms with Crippen LogP contribution < -0.4 is 10.6 Å². The lowest BCUT2D eigenvalue weighted by atomic mass is 9.95. The van der Waals surface area contributed by atoms with Crippen molar-refractivity contribution in [3.05, 3.63) is 53.1 Å². The van der Waals surface area contributed by atoms with E-state index in [2.05, 4.69) is 15.6 Å². The molecule has 126 valence electrons. The van der Waals surface area contributed by atoms with Crippen LogP contribution in [0.25, 0.3) is 0 Å². The molecule has 0 atom stereocenters. The van der Waals surface area contributed by atoms with Crippen molar-refractivity contribution in [2.45, 2.75) is 38.1 Å². The summed E-state index contributed by atoms with van der Waals surface area (Å²) in [5.74, 6) is -0.587. The number of halogens is 2. The lowest BCUT2D eigenvalue weighted by Gasteiger charge is -2.22. The van der Waals surface area contributed by atoms with Crippen LogP contribution in [0.5, 0.6) is 0 Å². The summed E-state index contributed by atoms with van der Waals surface area (Å²) in [5.41, 5.74) is 1.78. The Labute approximate surface area is 145 Å². The molecule has 0 spiro atoms. The molecule has 1 fully saturated rings. The van der Waals surface area contributed by atoms with Crippen molar-refractivity contribution in [3.8, 4) is 0 Å². The molecule has 1 aromatic heterocycles.